The monoisotopic (exact) mass is 264 g/mol. The predicted octanol–water partition coefficient (Wildman–Crippen LogP) is 2.28. The summed E-state index contributed by atoms with van der Waals surface area (Å²) in [5.74, 6) is 0.980. The zero-order chi connectivity index (χ0) is 13.3. The van der Waals surface area contributed by atoms with Crippen molar-refractivity contribution in [2.45, 2.75) is 27.7 Å². The third-order valence-electron chi connectivity index (χ3n) is 2.62. The topological polar surface area (TPSA) is 59.3 Å². The lowest BCUT2D eigenvalue weighted by Gasteiger charge is -2.13. The van der Waals surface area contributed by atoms with Gasteiger partial charge in [-0.3, -0.25) is 9.36 Å². The van der Waals surface area contributed by atoms with Gasteiger partial charge in [-0.1, -0.05) is 13.8 Å². The first-order chi connectivity index (χ1) is 8.54. The summed E-state index contributed by atoms with van der Waals surface area (Å²) in [4.78, 5) is 14.9. The molecule has 0 bridgehead atoms. The highest BCUT2D eigenvalue weighted by Crippen LogP contribution is 2.26. The van der Waals surface area contributed by atoms with Crippen molar-refractivity contribution < 1.29 is 4.79 Å². The summed E-state index contributed by atoms with van der Waals surface area (Å²) in [6, 6.07) is 2.10. The summed E-state index contributed by atoms with van der Waals surface area (Å²) in [6.07, 6.45) is 0.574. The van der Waals surface area contributed by atoms with Crippen molar-refractivity contribution in [3.8, 4) is 0 Å². The lowest BCUT2D eigenvalue weighted by molar-refractivity contribution is -0.109. The zero-order valence-electron chi connectivity index (χ0n) is 10.9. The number of rotatable bonds is 3. The van der Waals surface area contributed by atoms with Gasteiger partial charge in [0.15, 0.2) is 5.65 Å². The maximum Gasteiger partial charge on any atom is 0.227 e. The molecule has 2 heterocycles. The molecule has 6 heteroatoms. The van der Waals surface area contributed by atoms with E-state index in [1.807, 2.05) is 32.3 Å². The van der Waals surface area contributed by atoms with Gasteiger partial charge in [-0.25, -0.2) is 10.4 Å². The summed E-state index contributed by atoms with van der Waals surface area (Å²) in [6.45, 7) is 8.08. The van der Waals surface area contributed by atoms with Crippen LogP contribution in [0.5, 0.6) is 0 Å². The number of aryl methyl sites for hydroxylation is 2. The minimum absolute atomic E-state index is 0.189. The van der Waals surface area contributed by atoms with E-state index in [2.05, 4.69) is 21.6 Å². The van der Waals surface area contributed by atoms with Crippen molar-refractivity contribution in [2.75, 3.05) is 0 Å². The van der Waals surface area contributed by atoms with Crippen LogP contribution in [0.2, 0.25) is 0 Å². The number of hydrogen-bond acceptors (Lipinski definition) is 4. The Kier molecular flexibility index (Phi) is 3.47. The number of fused-ring (bicyclic) bond motifs is 1. The molecule has 0 aliphatic heterocycles. The van der Waals surface area contributed by atoms with E-state index >= 15 is 0 Å². The Morgan fingerprint density at radius 1 is 1.56 bits per heavy atom. The lowest BCUT2D eigenvalue weighted by Crippen LogP contribution is -2.23. The fourth-order valence-electron chi connectivity index (χ4n) is 1.93. The van der Waals surface area contributed by atoms with Crippen LogP contribution >= 0.6 is 11.3 Å². The second-order valence-corrected chi connectivity index (χ2v) is 5.65. The van der Waals surface area contributed by atoms with Gasteiger partial charge in [-0.15, -0.1) is 11.3 Å². The average Bonchev–Trinajstić information content (AvgIpc) is 2.76. The fourth-order valence-corrected chi connectivity index (χ4v) is 2.83. The minimum atomic E-state index is 0.189. The highest BCUT2D eigenvalue weighted by Gasteiger charge is 2.17. The Morgan fingerprint density at radius 3 is 2.89 bits per heavy atom. The molecule has 2 rings (SSSR count). The Labute approximate surface area is 110 Å². The Hall–Kier alpha value is -1.69. The highest BCUT2D eigenvalue weighted by molar-refractivity contribution is 7.18. The standard InChI is InChI=1S/C12H16N4OS/c1-7(2)11(15-13-6-17)16-8(3)5-10-12(16)14-9(4)18-10/h5-7H,1-4H3,(H,13,17)/b15-11-. The first-order valence-corrected chi connectivity index (χ1v) is 6.59. The SMILES string of the molecule is Cc1nc2c(cc(C)n2/C(=N\NC=O)C(C)C)s1. The molecular formula is C12H16N4OS. The molecule has 18 heavy (non-hydrogen) atoms. The zero-order valence-corrected chi connectivity index (χ0v) is 11.7. The molecule has 0 fully saturated rings. The number of carbonyl (C=O) groups is 1. The van der Waals surface area contributed by atoms with Crippen molar-refractivity contribution in [1.29, 1.82) is 0 Å². The first kappa shape index (κ1) is 12.8. The van der Waals surface area contributed by atoms with Crippen LogP contribution in [-0.2, 0) is 4.79 Å². The summed E-state index contributed by atoms with van der Waals surface area (Å²) < 4.78 is 3.14. The molecule has 1 amide bonds. The quantitative estimate of drug-likeness (QED) is 0.400. The minimum Gasteiger partial charge on any atom is -0.284 e. The molecule has 0 saturated carbocycles. The molecule has 0 spiro atoms. The summed E-state index contributed by atoms with van der Waals surface area (Å²) >= 11 is 1.66. The van der Waals surface area contributed by atoms with Crippen molar-refractivity contribution in [3.63, 3.8) is 0 Å². The van der Waals surface area contributed by atoms with E-state index in [0.717, 1.165) is 26.9 Å². The van der Waals surface area contributed by atoms with Crippen LogP contribution in [0.1, 0.15) is 24.5 Å². The van der Waals surface area contributed by atoms with Gasteiger partial charge in [0.1, 0.15) is 5.84 Å². The molecule has 5 nitrogen and oxygen atoms in total. The maximum atomic E-state index is 10.4. The number of nitrogens with zero attached hydrogens (tertiary/aromatic N) is 3. The molecule has 1 N–H and O–H groups in total. The van der Waals surface area contributed by atoms with E-state index in [4.69, 9.17) is 0 Å². The van der Waals surface area contributed by atoms with Gasteiger partial charge in [0.25, 0.3) is 0 Å². The normalized spacial score (nSPS) is 12.4. The van der Waals surface area contributed by atoms with E-state index in [-0.39, 0.29) is 5.92 Å². The van der Waals surface area contributed by atoms with Gasteiger partial charge in [-0.2, -0.15) is 5.10 Å². The number of aromatic nitrogens is 2. The van der Waals surface area contributed by atoms with E-state index in [1.54, 1.807) is 11.3 Å². The second-order valence-electron chi connectivity index (χ2n) is 4.41. The third-order valence-corrected chi connectivity index (χ3v) is 3.53. The molecule has 0 saturated heterocycles. The molecule has 0 unspecified atom stereocenters. The molecule has 0 atom stereocenters. The summed E-state index contributed by atoms with van der Waals surface area (Å²) in [5, 5.41) is 5.16. The van der Waals surface area contributed by atoms with Crippen molar-refractivity contribution in [2.24, 2.45) is 11.0 Å². The molecular weight excluding hydrogens is 248 g/mol. The molecule has 0 radical (unpaired) electrons. The van der Waals surface area contributed by atoms with Gasteiger partial charge >= 0.3 is 0 Å². The van der Waals surface area contributed by atoms with E-state index in [1.165, 1.54) is 0 Å². The van der Waals surface area contributed by atoms with Gasteiger partial charge in [0.05, 0.1) is 9.71 Å². The summed E-state index contributed by atoms with van der Waals surface area (Å²) in [5.41, 5.74) is 4.36. The number of hydrogen-bond donors (Lipinski definition) is 1. The smallest absolute Gasteiger partial charge is 0.227 e. The second kappa shape index (κ2) is 4.89. The van der Waals surface area contributed by atoms with Crippen LogP contribution in [0.15, 0.2) is 11.2 Å². The molecule has 96 valence electrons. The Bertz CT molecular complexity index is 609. The van der Waals surface area contributed by atoms with E-state index < -0.39 is 0 Å². The predicted molar refractivity (Wildman–Crippen MR) is 74.0 cm³/mol. The fraction of sp³-hybridized carbons (Fsp3) is 0.417. The molecule has 2 aromatic heterocycles. The van der Waals surface area contributed by atoms with Gasteiger partial charge in [0.2, 0.25) is 6.41 Å². The third kappa shape index (κ3) is 2.15. The Morgan fingerprint density at radius 2 is 2.28 bits per heavy atom. The summed E-state index contributed by atoms with van der Waals surface area (Å²) in [7, 11) is 0. The number of thiazole rings is 1. The molecule has 2 aromatic rings. The van der Waals surface area contributed by atoms with Crippen molar-refractivity contribution in [1.82, 2.24) is 15.0 Å². The molecule has 0 aliphatic rings. The van der Waals surface area contributed by atoms with E-state index in [0.29, 0.717) is 6.41 Å². The number of amides is 1. The molecule has 0 aromatic carbocycles. The average molecular weight is 264 g/mol. The number of nitrogens with one attached hydrogen (secondary N) is 1. The lowest BCUT2D eigenvalue weighted by atomic mass is 10.2. The van der Waals surface area contributed by atoms with Crippen LogP contribution in [0.3, 0.4) is 0 Å². The Balaban J connectivity index is 2.62. The van der Waals surface area contributed by atoms with Crippen LogP contribution < -0.4 is 5.43 Å². The molecule has 0 aliphatic carbocycles. The van der Waals surface area contributed by atoms with Gasteiger partial charge in [0, 0.05) is 11.6 Å². The van der Waals surface area contributed by atoms with E-state index in [9.17, 15) is 4.79 Å². The van der Waals surface area contributed by atoms with Crippen LogP contribution in [0.25, 0.3) is 10.3 Å². The van der Waals surface area contributed by atoms with Gasteiger partial charge in [-0.05, 0) is 19.9 Å². The first-order valence-electron chi connectivity index (χ1n) is 5.77. The number of carbonyl (C=O) groups excluding carboxylic acids is 1. The van der Waals surface area contributed by atoms with Gasteiger partial charge < -0.3 is 0 Å². The number of hydrazone groups is 1. The highest BCUT2D eigenvalue weighted by atomic mass is 32.1. The van der Waals surface area contributed by atoms with Crippen molar-refractivity contribution >= 4 is 33.9 Å². The van der Waals surface area contributed by atoms with Crippen LogP contribution in [0, 0.1) is 19.8 Å². The van der Waals surface area contributed by atoms with Crippen LogP contribution in [-0.4, -0.2) is 21.8 Å². The largest absolute Gasteiger partial charge is 0.284 e. The maximum absolute atomic E-state index is 10.4. The van der Waals surface area contributed by atoms with Crippen LogP contribution in [0.4, 0.5) is 0 Å². The van der Waals surface area contributed by atoms with Crippen molar-refractivity contribution in [3.05, 3.63) is 16.8 Å².